The van der Waals surface area contributed by atoms with Crippen LogP contribution in [0.2, 0.25) is 0 Å². The molecule has 2 aliphatic heterocycles. The van der Waals surface area contributed by atoms with Crippen molar-refractivity contribution in [2.24, 2.45) is 10.7 Å². The van der Waals surface area contributed by atoms with E-state index in [1.54, 1.807) is 13.8 Å². The second-order valence-electron chi connectivity index (χ2n) is 8.26. The Balaban J connectivity index is 2.25. The maximum absolute atomic E-state index is 15.6. The maximum atomic E-state index is 15.6. The van der Waals surface area contributed by atoms with Crippen LogP contribution in [0, 0.1) is 5.82 Å². The predicted molar refractivity (Wildman–Crippen MR) is 114 cm³/mol. The molecule has 1 saturated heterocycles. The lowest BCUT2D eigenvalue weighted by molar-refractivity contribution is -0.137. The van der Waals surface area contributed by atoms with Crippen LogP contribution in [0.5, 0.6) is 0 Å². The second-order valence-corrected chi connectivity index (χ2v) is 8.26. The number of hydrogen-bond acceptors (Lipinski definition) is 7. The summed E-state index contributed by atoms with van der Waals surface area (Å²) in [6.07, 6.45) is -7.67. The van der Waals surface area contributed by atoms with Gasteiger partial charge in [-0.3, -0.25) is 14.6 Å². The molecule has 1 atom stereocenters. The highest BCUT2D eigenvalue weighted by molar-refractivity contribution is 6.08. The molecule has 5 N–H and O–H groups in total. The van der Waals surface area contributed by atoms with Gasteiger partial charge in [-0.25, -0.2) is 19.0 Å². The zero-order chi connectivity index (χ0) is 26.3. The largest absolute Gasteiger partial charge is 0.511 e. The standard InChI is InChI=1S/C20H22F4N6O5/c1-4-26-15(31)10-5-9(20(22,23)24)6-11(13(10)21)30-14(25)12(35-18(33)34)7-27-16(30)29-8-19(2,3)28-17(29)32/h5-7,14H,4,8,25H2,1-3H3,(H,26,31)(H,28,32)(H,33,34). The molecule has 3 amide bonds. The molecule has 0 aromatic heterocycles. The summed E-state index contributed by atoms with van der Waals surface area (Å²) in [7, 11) is 0. The molecule has 1 fully saturated rings. The van der Waals surface area contributed by atoms with Gasteiger partial charge in [-0.05, 0) is 32.9 Å². The summed E-state index contributed by atoms with van der Waals surface area (Å²) in [5.74, 6) is -3.49. The number of carbonyl (C=O) groups is 3. The SMILES string of the molecule is CCNC(=O)c1cc(C(F)(F)F)cc(N2C(N3CC(C)(C)NC3=O)=NC=C(OC(=O)O)C2N)c1F. The molecule has 0 saturated carbocycles. The van der Waals surface area contributed by atoms with Crippen molar-refractivity contribution in [2.45, 2.75) is 38.7 Å². The predicted octanol–water partition coefficient (Wildman–Crippen LogP) is 2.39. The van der Waals surface area contributed by atoms with Crippen LogP contribution in [0.25, 0.3) is 0 Å². The summed E-state index contributed by atoms with van der Waals surface area (Å²) in [6, 6.07) is 0.0148. The van der Waals surface area contributed by atoms with Gasteiger partial charge in [-0.15, -0.1) is 0 Å². The minimum Gasteiger partial charge on any atom is -0.449 e. The number of halogens is 4. The first-order valence-corrected chi connectivity index (χ1v) is 10.2. The van der Waals surface area contributed by atoms with E-state index in [-0.39, 0.29) is 13.1 Å². The molecule has 15 heteroatoms. The third kappa shape index (κ3) is 5.13. The summed E-state index contributed by atoms with van der Waals surface area (Å²) in [4.78, 5) is 41.6. The van der Waals surface area contributed by atoms with Gasteiger partial charge in [-0.2, -0.15) is 13.2 Å². The van der Waals surface area contributed by atoms with Gasteiger partial charge in [0.05, 0.1) is 35.1 Å². The fraction of sp³-hybridized carbons (Fsp3) is 0.400. The van der Waals surface area contributed by atoms with E-state index in [0.29, 0.717) is 17.0 Å². The van der Waals surface area contributed by atoms with E-state index in [2.05, 4.69) is 20.4 Å². The summed E-state index contributed by atoms with van der Waals surface area (Å²) >= 11 is 0. The smallest absolute Gasteiger partial charge is 0.449 e. The van der Waals surface area contributed by atoms with Crippen LogP contribution in [0.4, 0.5) is 32.8 Å². The molecule has 11 nitrogen and oxygen atoms in total. The van der Waals surface area contributed by atoms with E-state index in [4.69, 9.17) is 10.8 Å². The highest BCUT2D eigenvalue weighted by Gasteiger charge is 2.44. The molecule has 2 heterocycles. The summed E-state index contributed by atoms with van der Waals surface area (Å²) < 4.78 is 61.2. The number of urea groups is 1. The molecular weight excluding hydrogens is 480 g/mol. The number of nitrogens with one attached hydrogen (secondary N) is 2. The Morgan fingerprint density at radius 3 is 2.54 bits per heavy atom. The second kappa shape index (κ2) is 9.05. The molecule has 2 aliphatic rings. The van der Waals surface area contributed by atoms with E-state index in [9.17, 15) is 27.6 Å². The minimum atomic E-state index is -5.00. The molecule has 35 heavy (non-hydrogen) atoms. The molecule has 0 radical (unpaired) electrons. The van der Waals surface area contributed by atoms with Gasteiger partial charge in [0.1, 0.15) is 6.17 Å². The van der Waals surface area contributed by atoms with Crippen LogP contribution in [-0.2, 0) is 10.9 Å². The molecule has 0 aliphatic carbocycles. The number of carboxylic acid groups (broad SMARTS) is 1. The van der Waals surface area contributed by atoms with Crippen molar-refractivity contribution in [1.82, 2.24) is 15.5 Å². The number of carbonyl (C=O) groups excluding carboxylic acids is 2. The Labute approximate surface area is 196 Å². The number of hydrogen-bond donors (Lipinski definition) is 4. The number of guanidine groups is 1. The van der Waals surface area contributed by atoms with Crippen LogP contribution < -0.4 is 21.3 Å². The number of amides is 3. The topological polar surface area (TPSA) is 150 Å². The summed E-state index contributed by atoms with van der Waals surface area (Å²) in [6.45, 7) is 4.77. The lowest BCUT2D eigenvalue weighted by atomic mass is 10.0. The zero-order valence-corrected chi connectivity index (χ0v) is 18.7. The fourth-order valence-corrected chi connectivity index (χ4v) is 3.55. The first kappa shape index (κ1) is 25.7. The van der Waals surface area contributed by atoms with E-state index in [1.165, 1.54) is 6.92 Å². The van der Waals surface area contributed by atoms with E-state index < -0.39 is 70.3 Å². The van der Waals surface area contributed by atoms with E-state index in [1.807, 2.05) is 0 Å². The van der Waals surface area contributed by atoms with Crippen molar-refractivity contribution >= 4 is 29.7 Å². The Bertz CT molecular complexity index is 1130. The van der Waals surface area contributed by atoms with Crippen molar-refractivity contribution in [3.63, 3.8) is 0 Å². The lowest BCUT2D eigenvalue weighted by Gasteiger charge is -2.37. The van der Waals surface area contributed by atoms with Gasteiger partial charge in [0, 0.05) is 6.54 Å². The first-order valence-electron chi connectivity index (χ1n) is 10.2. The van der Waals surface area contributed by atoms with Gasteiger partial charge in [0.15, 0.2) is 11.6 Å². The normalized spacial score (nSPS) is 19.7. The van der Waals surface area contributed by atoms with Crippen molar-refractivity contribution in [3.05, 3.63) is 41.0 Å². The van der Waals surface area contributed by atoms with Crippen LogP contribution in [-0.4, -0.2) is 58.9 Å². The van der Waals surface area contributed by atoms with E-state index >= 15 is 4.39 Å². The van der Waals surface area contributed by atoms with Gasteiger partial charge in [0.2, 0.25) is 5.96 Å². The Morgan fingerprint density at radius 1 is 1.37 bits per heavy atom. The molecule has 3 rings (SSSR count). The van der Waals surface area contributed by atoms with Crippen LogP contribution in [0.15, 0.2) is 29.1 Å². The van der Waals surface area contributed by atoms with Gasteiger partial charge < -0.3 is 26.2 Å². The number of ether oxygens (including phenoxy) is 1. The number of anilines is 1. The van der Waals surface area contributed by atoms with E-state index in [0.717, 1.165) is 11.1 Å². The third-order valence-corrected chi connectivity index (χ3v) is 5.01. The number of alkyl halides is 3. The number of rotatable bonds is 4. The third-order valence-electron chi connectivity index (χ3n) is 5.01. The average molecular weight is 502 g/mol. The molecule has 190 valence electrons. The Hall–Kier alpha value is -3.88. The molecular formula is C20H22F4N6O5. The molecule has 1 unspecified atom stereocenters. The Kier molecular flexibility index (Phi) is 6.66. The molecule has 0 spiro atoms. The zero-order valence-electron chi connectivity index (χ0n) is 18.7. The maximum Gasteiger partial charge on any atom is 0.511 e. The fourth-order valence-electron chi connectivity index (χ4n) is 3.55. The van der Waals surface area contributed by atoms with Gasteiger partial charge >= 0.3 is 18.4 Å². The lowest BCUT2D eigenvalue weighted by Crippen LogP contribution is -2.56. The summed E-state index contributed by atoms with van der Waals surface area (Å²) in [5, 5.41) is 13.8. The average Bonchev–Trinajstić information content (AvgIpc) is 3.01. The minimum absolute atomic E-state index is 0.00214. The van der Waals surface area contributed by atoms with Gasteiger partial charge in [0.25, 0.3) is 5.91 Å². The molecule has 0 bridgehead atoms. The summed E-state index contributed by atoms with van der Waals surface area (Å²) in [5.41, 5.74) is 2.08. The highest BCUT2D eigenvalue weighted by Crippen LogP contribution is 2.37. The number of aliphatic imine (C=N–C) groups is 1. The van der Waals surface area contributed by atoms with Crippen molar-refractivity contribution < 1.29 is 41.8 Å². The molecule has 1 aromatic carbocycles. The van der Waals surface area contributed by atoms with Crippen molar-refractivity contribution in [2.75, 3.05) is 18.0 Å². The Morgan fingerprint density at radius 2 is 2.03 bits per heavy atom. The number of nitrogens with zero attached hydrogens (tertiary/aromatic N) is 3. The van der Waals surface area contributed by atoms with Crippen molar-refractivity contribution in [1.29, 1.82) is 0 Å². The van der Waals surface area contributed by atoms with Crippen LogP contribution in [0.3, 0.4) is 0 Å². The monoisotopic (exact) mass is 502 g/mol. The quantitative estimate of drug-likeness (QED) is 0.365. The van der Waals surface area contributed by atoms with Crippen molar-refractivity contribution in [3.8, 4) is 0 Å². The molecule has 1 aromatic rings. The van der Waals surface area contributed by atoms with Gasteiger partial charge in [-0.1, -0.05) is 0 Å². The van der Waals surface area contributed by atoms with Crippen LogP contribution in [0.1, 0.15) is 36.7 Å². The first-order chi connectivity index (χ1) is 16.2. The van der Waals surface area contributed by atoms with Crippen LogP contribution >= 0.6 is 0 Å². The highest BCUT2D eigenvalue weighted by atomic mass is 19.4. The number of benzene rings is 1. The number of nitrogens with two attached hydrogens (primary N) is 1.